The molecule has 1 unspecified atom stereocenters. The fourth-order valence-corrected chi connectivity index (χ4v) is 3.43. The van der Waals surface area contributed by atoms with E-state index in [4.69, 9.17) is 4.74 Å². The average Bonchev–Trinajstić information content (AvgIpc) is 2.47. The van der Waals surface area contributed by atoms with E-state index in [0.717, 1.165) is 38.1 Å². The van der Waals surface area contributed by atoms with E-state index in [2.05, 4.69) is 35.5 Å². The van der Waals surface area contributed by atoms with Crippen molar-refractivity contribution in [2.45, 2.75) is 27.2 Å². The lowest BCUT2D eigenvalue weighted by molar-refractivity contribution is 0.0300. The van der Waals surface area contributed by atoms with E-state index in [1.165, 1.54) is 52.2 Å². The minimum absolute atomic E-state index is 0.796. The van der Waals surface area contributed by atoms with E-state index in [-0.39, 0.29) is 0 Å². The van der Waals surface area contributed by atoms with E-state index in [1.54, 1.807) is 0 Å². The highest BCUT2D eigenvalue weighted by atomic mass is 16.5. The van der Waals surface area contributed by atoms with Crippen molar-refractivity contribution in [1.82, 2.24) is 14.7 Å². The summed E-state index contributed by atoms with van der Waals surface area (Å²) in [5.41, 5.74) is 0. The molecule has 0 saturated carbocycles. The Morgan fingerprint density at radius 2 is 1.33 bits per heavy atom. The van der Waals surface area contributed by atoms with Crippen LogP contribution in [0.25, 0.3) is 0 Å². The number of piperazine rings is 1. The molecule has 4 heteroatoms. The molecule has 2 saturated heterocycles. The summed E-state index contributed by atoms with van der Waals surface area (Å²) >= 11 is 0. The Kier molecular flexibility index (Phi) is 7.44. The van der Waals surface area contributed by atoms with Crippen LogP contribution >= 0.6 is 0 Å². The third-order valence-corrected chi connectivity index (χ3v) is 4.70. The van der Waals surface area contributed by atoms with E-state index in [0.29, 0.717) is 0 Å². The first-order valence-electron chi connectivity index (χ1n) is 8.88. The van der Waals surface area contributed by atoms with Crippen LogP contribution in [0.4, 0.5) is 0 Å². The lowest BCUT2D eigenvalue weighted by Gasteiger charge is -2.36. The predicted octanol–water partition coefficient (Wildman–Crippen LogP) is 1.62. The summed E-state index contributed by atoms with van der Waals surface area (Å²) in [5, 5.41) is 0. The Labute approximate surface area is 131 Å². The van der Waals surface area contributed by atoms with Crippen LogP contribution in [0.5, 0.6) is 0 Å². The monoisotopic (exact) mass is 297 g/mol. The number of morpholine rings is 1. The van der Waals surface area contributed by atoms with Crippen molar-refractivity contribution < 1.29 is 4.74 Å². The molecule has 2 fully saturated rings. The zero-order chi connectivity index (χ0) is 15.1. The summed E-state index contributed by atoms with van der Waals surface area (Å²) in [6.07, 6.45) is 1.33. The van der Waals surface area contributed by atoms with Crippen molar-refractivity contribution >= 4 is 0 Å². The molecular weight excluding hydrogens is 262 g/mol. The highest BCUT2D eigenvalue weighted by Crippen LogP contribution is 2.11. The molecule has 2 rings (SSSR count). The van der Waals surface area contributed by atoms with Crippen LogP contribution in [0.15, 0.2) is 0 Å². The first-order valence-corrected chi connectivity index (χ1v) is 8.88. The molecule has 124 valence electrons. The largest absolute Gasteiger partial charge is 0.379 e. The van der Waals surface area contributed by atoms with Crippen LogP contribution in [-0.4, -0.2) is 86.8 Å². The van der Waals surface area contributed by atoms with Crippen LogP contribution in [-0.2, 0) is 4.74 Å². The van der Waals surface area contributed by atoms with E-state index < -0.39 is 0 Å². The van der Waals surface area contributed by atoms with E-state index >= 15 is 0 Å². The molecule has 0 aliphatic carbocycles. The smallest absolute Gasteiger partial charge is 0.0594 e. The second kappa shape index (κ2) is 9.09. The number of ether oxygens (including phenoxy) is 1. The van der Waals surface area contributed by atoms with Gasteiger partial charge in [-0.05, 0) is 24.8 Å². The van der Waals surface area contributed by atoms with Crippen molar-refractivity contribution in [1.29, 1.82) is 0 Å². The van der Waals surface area contributed by atoms with Gasteiger partial charge in [-0.3, -0.25) is 4.90 Å². The summed E-state index contributed by atoms with van der Waals surface area (Å²) < 4.78 is 5.42. The van der Waals surface area contributed by atoms with Gasteiger partial charge in [0.2, 0.25) is 0 Å². The quantitative estimate of drug-likeness (QED) is 0.711. The summed E-state index contributed by atoms with van der Waals surface area (Å²) in [4.78, 5) is 7.85. The fourth-order valence-electron chi connectivity index (χ4n) is 3.43. The van der Waals surface area contributed by atoms with Gasteiger partial charge in [-0.15, -0.1) is 0 Å². The van der Waals surface area contributed by atoms with Gasteiger partial charge in [0, 0.05) is 52.4 Å². The highest BCUT2D eigenvalue weighted by molar-refractivity contribution is 4.74. The first kappa shape index (κ1) is 17.2. The van der Waals surface area contributed by atoms with Gasteiger partial charge in [-0.2, -0.15) is 0 Å². The molecule has 0 aromatic heterocycles. The van der Waals surface area contributed by atoms with Gasteiger partial charge in [0.25, 0.3) is 0 Å². The number of hydrogen-bond donors (Lipinski definition) is 0. The Hall–Kier alpha value is -0.160. The number of rotatable bonds is 7. The van der Waals surface area contributed by atoms with Gasteiger partial charge in [-0.25, -0.2) is 0 Å². The molecule has 4 nitrogen and oxygen atoms in total. The topological polar surface area (TPSA) is 19.0 Å². The van der Waals surface area contributed by atoms with Gasteiger partial charge in [0.15, 0.2) is 0 Å². The molecule has 0 bridgehead atoms. The van der Waals surface area contributed by atoms with Gasteiger partial charge in [0.05, 0.1) is 13.2 Å². The molecule has 1 atom stereocenters. The van der Waals surface area contributed by atoms with Crippen molar-refractivity contribution in [3.63, 3.8) is 0 Å². The Morgan fingerprint density at radius 1 is 0.762 bits per heavy atom. The zero-order valence-corrected chi connectivity index (χ0v) is 14.4. The Bertz CT molecular complexity index is 271. The van der Waals surface area contributed by atoms with Crippen LogP contribution in [0.1, 0.15) is 27.2 Å². The standard InChI is InChI=1S/C17H35N3O/c1-16(2)14-19-8-6-18(7-9-19)5-4-17(3)15-20-10-12-21-13-11-20/h16-17H,4-15H2,1-3H3. The molecule has 0 spiro atoms. The third kappa shape index (κ3) is 6.64. The normalized spacial score (nSPS) is 24.6. The minimum Gasteiger partial charge on any atom is -0.379 e. The van der Waals surface area contributed by atoms with Crippen molar-refractivity contribution in [2.24, 2.45) is 11.8 Å². The van der Waals surface area contributed by atoms with Crippen LogP contribution in [0.3, 0.4) is 0 Å². The average molecular weight is 297 g/mol. The first-order chi connectivity index (χ1) is 10.1. The predicted molar refractivity (Wildman–Crippen MR) is 88.8 cm³/mol. The summed E-state index contributed by atoms with van der Waals surface area (Å²) in [6.45, 7) is 20.0. The lowest BCUT2D eigenvalue weighted by Crippen LogP contribution is -2.48. The Balaban J connectivity index is 1.56. The summed E-state index contributed by atoms with van der Waals surface area (Å²) in [6, 6.07) is 0. The summed E-state index contributed by atoms with van der Waals surface area (Å²) in [5.74, 6) is 1.60. The summed E-state index contributed by atoms with van der Waals surface area (Å²) in [7, 11) is 0. The molecular formula is C17H35N3O. The van der Waals surface area contributed by atoms with E-state index in [1.807, 2.05) is 0 Å². The maximum atomic E-state index is 5.42. The highest BCUT2D eigenvalue weighted by Gasteiger charge is 2.19. The van der Waals surface area contributed by atoms with Crippen LogP contribution < -0.4 is 0 Å². The molecule has 0 radical (unpaired) electrons. The van der Waals surface area contributed by atoms with Crippen molar-refractivity contribution in [3.05, 3.63) is 0 Å². The molecule has 0 N–H and O–H groups in total. The lowest BCUT2D eigenvalue weighted by atomic mass is 10.1. The molecule has 0 amide bonds. The number of hydrogen-bond acceptors (Lipinski definition) is 4. The molecule has 2 aliphatic heterocycles. The fraction of sp³-hybridized carbons (Fsp3) is 1.00. The SMILES string of the molecule is CC(C)CN1CCN(CCC(C)CN2CCOCC2)CC1. The molecule has 21 heavy (non-hydrogen) atoms. The molecule has 2 heterocycles. The second-order valence-corrected chi connectivity index (χ2v) is 7.34. The van der Waals surface area contributed by atoms with Crippen LogP contribution in [0.2, 0.25) is 0 Å². The maximum absolute atomic E-state index is 5.42. The molecule has 0 aromatic rings. The maximum Gasteiger partial charge on any atom is 0.0594 e. The van der Waals surface area contributed by atoms with Crippen molar-refractivity contribution in [2.75, 3.05) is 72.1 Å². The van der Waals surface area contributed by atoms with Gasteiger partial charge in [0.1, 0.15) is 0 Å². The molecule has 2 aliphatic rings. The second-order valence-electron chi connectivity index (χ2n) is 7.34. The van der Waals surface area contributed by atoms with E-state index in [9.17, 15) is 0 Å². The number of nitrogens with zero attached hydrogens (tertiary/aromatic N) is 3. The van der Waals surface area contributed by atoms with Gasteiger partial charge >= 0.3 is 0 Å². The Morgan fingerprint density at radius 3 is 1.95 bits per heavy atom. The van der Waals surface area contributed by atoms with Gasteiger partial charge in [-0.1, -0.05) is 20.8 Å². The molecule has 0 aromatic carbocycles. The zero-order valence-electron chi connectivity index (χ0n) is 14.4. The minimum atomic E-state index is 0.796. The van der Waals surface area contributed by atoms with Gasteiger partial charge < -0.3 is 14.5 Å². The van der Waals surface area contributed by atoms with Crippen LogP contribution in [0, 0.1) is 11.8 Å². The third-order valence-electron chi connectivity index (χ3n) is 4.70. The van der Waals surface area contributed by atoms with Crippen molar-refractivity contribution in [3.8, 4) is 0 Å².